The molecule has 0 radical (unpaired) electrons. The molecule has 0 aliphatic heterocycles. The highest BCUT2D eigenvalue weighted by atomic mass is 32.2. The summed E-state index contributed by atoms with van der Waals surface area (Å²) in [5, 5.41) is 6.26. The molecule has 2 heterocycles. The van der Waals surface area contributed by atoms with Crippen molar-refractivity contribution in [2.45, 2.75) is 11.8 Å². The van der Waals surface area contributed by atoms with E-state index in [2.05, 4.69) is 15.6 Å². The molecule has 2 amide bonds. The summed E-state index contributed by atoms with van der Waals surface area (Å²) in [6.45, 7) is 1.39. The van der Waals surface area contributed by atoms with E-state index in [1.165, 1.54) is 30.4 Å². The maximum atomic E-state index is 12.3. The maximum Gasteiger partial charge on any atom is 0.267 e. The summed E-state index contributed by atoms with van der Waals surface area (Å²) in [6.07, 6.45) is 1.14. The number of benzene rings is 1. The van der Waals surface area contributed by atoms with Crippen LogP contribution in [0.15, 0.2) is 35.2 Å². The number of thiazole rings is 1. The van der Waals surface area contributed by atoms with Gasteiger partial charge in [-0.25, -0.2) is 13.4 Å². The first-order valence-electron chi connectivity index (χ1n) is 7.02. The van der Waals surface area contributed by atoms with Crippen LogP contribution in [0.4, 0.5) is 10.1 Å². The molecule has 2 aromatic heterocycles. The van der Waals surface area contributed by atoms with E-state index in [1.807, 2.05) is 0 Å². The Balaban J connectivity index is 1.81. The van der Waals surface area contributed by atoms with Gasteiger partial charge < -0.3 is 5.32 Å². The normalized spacial score (nSPS) is 11.4. The summed E-state index contributed by atoms with van der Waals surface area (Å²) < 4.78 is 23.9. The van der Waals surface area contributed by atoms with E-state index in [4.69, 9.17) is 0 Å². The first-order valence-corrected chi connectivity index (χ1v) is 10.5. The quantitative estimate of drug-likeness (QED) is 0.706. The van der Waals surface area contributed by atoms with Crippen LogP contribution in [0.25, 0.3) is 10.2 Å². The molecule has 0 fully saturated rings. The molecular weight excluding hydrogens is 382 g/mol. The second-order valence-corrected chi connectivity index (χ2v) is 9.35. The third-order valence-corrected chi connectivity index (χ3v) is 6.18. The fourth-order valence-corrected chi connectivity index (χ4v) is 4.52. The van der Waals surface area contributed by atoms with Crippen LogP contribution in [0.3, 0.4) is 0 Å². The Morgan fingerprint density at radius 3 is 2.52 bits per heavy atom. The van der Waals surface area contributed by atoms with Crippen LogP contribution in [0.5, 0.6) is 0 Å². The smallest absolute Gasteiger partial charge is 0.267 e. The summed E-state index contributed by atoms with van der Waals surface area (Å²) in [7, 11) is -3.30. The van der Waals surface area contributed by atoms with Gasteiger partial charge in [0.15, 0.2) is 15.0 Å². The molecular formula is C15H13N3O4S3. The number of hydrogen-bond donors (Lipinski definition) is 2. The van der Waals surface area contributed by atoms with Crippen molar-refractivity contribution in [3.63, 3.8) is 0 Å². The predicted molar refractivity (Wildman–Crippen MR) is 99.3 cm³/mol. The lowest BCUT2D eigenvalue weighted by Gasteiger charge is -1.98. The maximum absolute atomic E-state index is 12.3. The average Bonchev–Trinajstić information content (AvgIpc) is 3.10. The van der Waals surface area contributed by atoms with Gasteiger partial charge in [0.2, 0.25) is 5.91 Å². The monoisotopic (exact) mass is 395 g/mol. The Morgan fingerprint density at radius 1 is 1.08 bits per heavy atom. The molecule has 0 atom stereocenters. The van der Waals surface area contributed by atoms with Crippen molar-refractivity contribution in [3.05, 3.63) is 35.2 Å². The number of sulfone groups is 1. The van der Waals surface area contributed by atoms with Gasteiger partial charge >= 0.3 is 0 Å². The van der Waals surface area contributed by atoms with E-state index in [-0.39, 0.29) is 16.7 Å². The zero-order chi connectivity index (χ0) is 18.2. The number of amides is 2. The van der Waals surface area contributed by atoms with Crippen molar-refractivity contribution >= 4 is 64.7 Å². The number of nitrogens with one attached hydrogen (secondary N) is 2. The van der Waals surface area contributed by atoms with Crippen molar-refractivity contribution in [2.75, 3.05) is 16.9 Å². The lowest BCUT2D eigenvalue weighted by molar-refractivity contribution is -0.114. The van der Waals surface area contributed by atoms with Crippen LogP contribution in [-0.2, 0) is 14.6 Å². The molecule has 2 N–H and O–H groups in total. The SMILES string of the molecule is CC(=O)Nc1ccc(C(=O)Nc2nc3ccc(S(C)(=O)=O)cc3s2)s1. The molecule has 1 aromatic carbocycles. The summed E-state index contributed by atoms with van der Waals surface area (Å²) in [5.41, 5.74) is 0.609. The highest BCUT2D eigenvalue weighted by molar-refractivity contribution is 7.90. The summed E-state index contributed by atoms with van der Waals surface area (Å²) in [6, 6.07) is 7.90. The zero-order valence-electron chi connectivity index (χ0n) is 13.2. The molecule has 3 rings (SSSR count). The fraction of sp³-hybridized carbons (Fsp3) is 0.133. The van der Waals surface area contributed by atoms with Gasteiger partial charge in [-0.15, -0.1) is 11.3 Å². The molecule has 0 saturated heterocycles. The molecule has 10 heteroatoms. The lowest BCUT2D eigenvalue weighted by Crippen LogP contribution is -2.09. The molecule has 0 spiro atoms. The van der Waals surface area contributed by atoms with Gasteiger partial charge in [0.25, 0.3) is 5.91 Å². The van der Waals surface area contributed by atoms with Gasteiger partial charge in [-0.05, 0) is 30.3 Å². The number of fused-ring (bicyclic) bond motifs is 1. The van der Waals surface area contributed by atoms with Crippen molar-refractivity contribution in [1.82, 2.24) is 4.98 Å². The first kappa shape index (κ1) is 17.5. The average molecular weight is 395 g/mol. The Morgan fingerprint density at radius 2 is 1.84 bits per heavy atom. The van der Waals surface area contributed by atoms with E-state index in [9.17, 15) is 18.0 Å². The second-order valence-electron chi connectivity index (χ2n) is 5.22. The van der Waals surface area contributed by atoms with Crippen LogP contribution in [-0.4, -0.2) is 31.5 Å². The van der Waals surface area contributed by atoms with E-state index in [1.54, 1.807) is 18.2 Å². The number of carbonyl (C=O) groups excluding carboxylic acids is 2. The Bertz CT molecular complexity index is 1080. The minimum absolute atomic E-state index is 0.207. The van der Waals surface area contributed by atoms with Gasteiger partial charge in [-0.1, -0.05) is 11.3 Å². The molecule has 25 heavy (non-hydrogen) atoms. The molecule has 7 nitrogen and oxygen atoms in total. The molecule has 3 aromatic rings. The third-order valence-electron chi connectivity index (χ3n) is 3.14. The van der Waals surface area contributed by atoms with Gasteiger partial charge in [-0.3, -0.25) is 14.9 Å². The van der Waals surface area contributed by atoms with Gasteiger partial charge in [0, 0.05) is 13.2 Å². The molecule has 0 bridgehead atoms. The third kappa shape index (κ3) is 4.03. The topological polar surface area (TPSA) is 105 Å². The lowest BCUT2D eigenvalue weighted by atomic mass is 10.3. The van der Waals surface area contributed by atoms with Gasteiger partial charge in [0.1, 0.15) is 0 Å². The van der Waals surface area contributed by atoms with Crippen molar-refractivity contribution < 1.29 is 18.0 Å². The minimum atomic E-state index is -3.30. The van der Waals surface area contributed by atoms with E-state index in [0.717, 1.165) is 17.6 Å². The summed E-state index contributed by atoms with van der Waals surface area (Å²) >= 11 is 2.35. The zero-order valence-corrected chi connectivity index (χ0v) is 15.6. The highest BCUT2D eigenvalue weighted by Crippen LogP contribution is 2.29. The van der Waals surface area contributed by atoms with Gasteiger partial charge in [-0.2, -0.15) is 0 Å². The molecule has 0 aliphatic rings. The molecule has 130 valence electrons. The van der Waals surface area contributed by atoms with Crippen LogP contribution >= 0.6 is 22.7 Å². The first-order chi connectivity index (χ1) is 11.7. The summed E-state index contributed by atoms with van der Waals surface area (Å²) in [4.78, 5) is 28.2. The van der Waals surface area contributed by atoms with Gasteiger partial charge in [0.05, 0.1) is 25.0 Å². The number of thiophene rings is 1. The van der Waals surface area contributed by atoms with Crippen LogP contribution in [0.2, 0.25) is 0 Å². The predicted octanol–water partition coefficient (Wildman–Crippen LogP) is 2.97. The minimum Gasteiger partial charge on any atom is -0.318 e. The van der Waals surface area contributed by atoms with Crippen LogP contribution in [0, 0.1) is 0 Å². The standard InChI is InChI=1S/C15H13N3O4S3/c1-8(19)16-13-6-5-11(23-13)14(20)18-15-17-10-4-3-9(25(2,21)22)7-12(10)24-15/h3-7H,1-2H3,(H,16,19)(H,17,18,20). The number of rotatable bonds is 4. The number of hydrogen-bond acceptors (Lipinski definition) is 7. The molecule has 0 saturated carbocycles. The largest absolute Gasteiger partial charge is 0.318 e. The second kappa shape index (κ2) is 6.54. The Labute approximate surface area is 151 Å². The molecule has 0 unspecified atom stereocenters. The van der Waals surface area contributed by atoms with Crippen molar-refractivity contribution in [1.29, 1.82) is 0 Å². The van der Waals surface area contributed by atoms with E-state index >= 15 is 0 Å². The highest BCUT2D eigenvalue weighted by Gasteiger charge is 2.14. The number of nitrogens with zero attached hydrogens (tertiary/aromatic N) is 1. The van der Waals surface area contributed by atoms with E-state index in [0.29, 0.717) is 25.2 Å². The van der Waals surface area contributed by atoms with E-state index < -0.39 is 9.84 Å². The number of anilines is 2. The van der Waals surface area contributed by atoms with Crippen molar-refractivity contribution in [2.24, 2.45) is 0 Å². The van der Waals surface area contributed by atoms with Crippen LogP contribution in [0.1, 0.15) is 16.6 Å². The Hall–Kier alpha value is -2.30. The fourth-order valence-electron chi connectivity index (χ4n) is 2.05. The van der Waals surface area contributed by atoms with Crippen molar-refractivity contribution in [3.8, 4) is 0 Å². The molecule has 0 aliphatic carbocycles. The Kier molecular flexibility index (Phi) is 4.58. The number of carbonyl (C=O) groups is 2. The number of aromatic nitrogens is 1. The van der Waals surface area contributed by atoms with Crippen LogP contribution < -0.4 is 10.6 Å². The summed E-state index contributed by atoms with van der Waals surface area (Å²) in [5.74, 6) is -0.550.